The van der Waals surface area contributed by atoms with Crippen molar-refractivity contribution < 1.29 is 13.2 Å². The van der Waals surface area contributed by atoms with Crippen LogP contribution in [0.1, 0.15) is 13.8 Å². The van der Waals surface area contributed by atoms with Crippen LogP contribution in [0.15, 0.2) is 49.7 Å². The molecule has 0 amide bonds. The van der Waals surface area contributed by atoms with E-state index in [1.165, 1.54) is 12.1 Å². The van der Waals surface area contributed by atoms with E-state index in [1.807, 2.05) is 0 Å². The summed E-state index contributed by atoms with van der Waals surface area (Å²) in [7, 11) is -3.85. The van der Waals surface area contributed by atoms with Gasteiger partial charge in [0.15, 0.2) is 5.78 Å². The minimum Gasteiger partial charge on any atom is -0.292 e. The number of alkyl halides is 2. The summed E-state index contributed by atoms with van der Waals surface area (Å²) in [6, 6.07) is 7.97. The fraction of sp³-hybridized carbons (Fsp3) is 0.286. The number of carbonyl (C=O) groups excluding carboxylic acids is 1. The van der Waals surface area contributed by atoms with Gasteiger partial charge in [-0.25, -0.2) is 0 Å². The molecule has 0 saturated heterocycles. The molecule has 0 heterocycles. The second-order valence-electron chi connectivity index (χ2n) is 4.97. The molecule has 0 aliphatic heterocycles. The molecular formula is C14H12Br3NO3S. The summed E-state index contributed by atoms with van der Waals surface area (Å²) in [4.78, 5) is 11.8. The molecule has 0 radical (unpaired) electrons. The highest BCUT2D eigenvalue weighted by Crippen LogP contribution is 2.41. The summed E-state index contributed by atoms with van der Waals surface area (Å²) in [5.74, 6) is -0.164. The first-order valence-corrected chi connectivity index (χ1v) is 10.2. The quantitative estimate of drug-likeness (QED) is 0.562. The Labute approximate surface area is 154 Å². The van der Waals surface area contributed by atoms with Gasteiger partial charge >= 0.3 is 0 Å². The number of halogens is 3. The third-order valence-electron chi connectivity index (χ3n) is 3.33. The molecule has 2 unspecified atom stereocenters. The minimum atomic E-state index is -3.85. The number of ketones is 1. The monoisotopic (exact) mass is 511 g/mol. The van der Waals surface area contributed by atoms with Crippen LogP contribution in [-0.4, -0.2) is 29.1 Å². The van der Waals surface area contributed by atoms with Crippen LogP contribution in [0.5, 0.6) is 0 Å². The molecule has 1 aromatic carbocycles. The first-order valence-electron chi connectivity index (χ1n) is 6.23. The number of allylic oxidation sites excluding steroid dienone is 2. The van der Waals surface area contributed by atoms with Crippen LogP contribution in [0.3, 0.4) is 0 Å². The molecule has 1 aliphatic carbocycles. The van der Waals surface area contributed by atoms with Gasteiger partial charge in [-0.2, -0.15) is 12.8 Å². The molecule has 0 fully saturated rings. The van der Waals surface area contributed by atoms with Crippen molar-refractivity contribution in [2.75, 3.05) is 0 Å². The van der Waals surface area contributed by atoms with Crippen molar-refractivity contribution in [3.63, 3.8) is 0 Å². The molecule has 118 valence electrons. The molecule has 2 rings (SSSR count). The summed E-state index contributed by atoms with van der Waals surface area (Å²) in [6.07, 6.45) is 0. The zero-order valence-electron chi connectivity index (χ0n) is 11.7. The lowest BCUT2D eigenvalue weighted by atomic mass is 9.88. The molecule has 22 heavy (non-hydrogen) atoms. The summed E-state index contributed by atoms with van der Waals surface area (Å²) in [6.45, 7) is 3.34. The molecule has 0 aromatic heterocycles. The Morgan fingerprint density at radius 3 is 2.32 bits per heavy atom. The second-order valence-corrected chi connectivity index (χ2v) is 9.93. The van der Waals surface area contributed by atoms with Crippen LogP contribution < -0.4 is 0 Å². The highest BCUT2D eigenvalue weighted by atomic mass is 79.9. The molecule has 0 spiro atoms. The van der Waals surface area contributed by atoms with Gasteiger partial charge in [-0.1, -0.05) is 50.1 Å². The van der Waals surface area contributed by atoms with E-state index >= 15 is 0 Å². The largest absolute Gasteiger partial charge is 0.292 e. The minimum absolute atomic E-state index is 0.110. The highest BCUT2D eigenvalue weighted by Gasteiger charge is 2.47. The number of benzene rings is 1. The molecule has 0 saturated carbocycles. The van der Waals surface area contributed by atoms with Crippen molar-refractivity contribution >= 4 is 69.3 Å². The molecule has 4 nitrogen and oxygen atoms in total. The van der Waals surface area contributed by atoms with Gasteiger partial charge in [0, 0.05) is 0 Å². The second kappa shape index (κ2) is 6.30. The van der Waals surface area contributed by atoms with Crippen molar-refractivity contribution in [2.45, 2.75) is 27.9 Å². The number of Topliss-reactive ketones (excluding diaryl/α,β-unsaturated/α-hetero) is 1. The van der Waals surface area contributed by atoms with E-state index in [-0.39, 0.29) is 10.7 Å². The molecule has 1 aromatic rings. The third-order valence-corrected chi connectivity index (χ3v) is 8.37. The van der Waals surface area contributed by atoms with Crippen molar-refractivity contribution in [1.82, 2.24) is 0 Å². The van der Waals surface area contributed by atoms with Gasteiger partial charge in [-0.05, 0) is 47.5 Å². The maximum atomic E-state index is 12.4. The van der Waals surface area contributed by atoms with Gasteiger partial charge in [-0.15, -0.1) is 0 Å². The van der Waals surface area contributed by atoms with Crippen LogP contribution >= 0.6 is 47.8 Å². The van der Waals surface area contributed by atoms with E-state index in [2.05, 4.69) is 52.2 Å². The topological polar surface area (TPSA) is 63.6 Å². The Morgan fingerprint density at radius 2 is 1.77 bits per heavy atom. The maximum Gasteiger partial charge on any atom is 0.282 e. The normalized spacial score (nSPS) is 28.3. The van der Waals surface area contributed by atoms with Crippen LogP contribution in [-0.2, 0) is 14.8 Å². The predicted octanol–water partition coefficient (Wildman–Crippen LogP) is 3.99. The van der Waals surface area contributed by atoms with Crippen molar-refractivity contribution in [1.29, 1.82) is 0 Å². The standard InChI is InChI=1S/C14H12Br3NO3S/c1-8-10(15)13(19)14(2,17)12(16)11(8)18-22(20,21)9-6-4-3-5-7-9/h3-7,12H,1-2H3/b18-11+. The Morgan fingerprint density at radius 1 is 1.23 bits per heavy atom. The molecule has 0 bridgehead atoms. The van der Waals surface area contributed by atoms with Gasteiger partial charge in [0.2, 0.25) is 0 Å². The molecular weight excluding hydrogens is 502 g/mol. The Hall–Kier alpha value is -0.310. The fourth-order valence-corrected chi connectivity index (χ4v) is 5.14. The summed E-state index contributed by atoms with van der Waals surface area (Å²) >= 11 is 9.98. The summed E-state index contributed by atoms with van der Waals surface area (Å²) < 4.78 is 28.2. The van der Waals surface area contributed by atoms with E-state index in [1.54, 1.807) is 32.0 Å². The molecule has 2 atom stereocenters. The van der Waals surface area contributed by atoms with Crippen molar-refractivity contribution in [3.8, 4) is 0 Å². The van der Waals surface area contributed by atoms with E-state index in [9.17, 15) is 13.2 Å². The molecule has 1 aliphatic rings. The summed E-state index contributed by atoms with van der Waals surface area (Å²) in [5, 5.41) is 0. The van der Waals surface area contributed by atoms with Crippen molar-refractivity contribution in [2.24, 2.45) is 4.40 Å². The summed E-state index contributed by atoms with van der Waals surface area (Å²) in [5.41, 5.74) is 0.804. The Bertz CT molecular complexity index is 783. The van der Waals surface area contributed by atoms with Crippen molar-refractivity contribution in [3.05, 3.63) is 40.4 Å². The average Bonchev–Trinajstić information content (AvgIpc) is 2.49. The van der Waals surface area contributed by atoms with Gasteiger partial charge in [0.1, 0.15) is 4.32 Å². The van der Waals surface area contributed by atoms with Crippen LogP contribution in [0.25, 0.3) is 0 Å². The van der Waals surface area contributed by atoms with Gasteiger partial charge in [-0.3, -0.25) is 4.79 Å². The molecule has 8 heteroatoms. The zero-order valence-corrected chi connectivity index (χ0v) is 17.3. The van der Waals surface area contributed by atoms with Gasteiger partial charge < -0.3 is 0 Å². The third kappa shape index (κ3) is 3.16. The first-order chi connectivity index (χ1) is 10.1. The maximum absolute atomic E-state index is 12.4. The van der Waals surface area contributed by atoms with Crippen LogP contribution in [0, 0.1) is 0 Å². The van der Waals surface area contributed by atoms with E-state index < -0.39 is 19.2 Å². The van der Waals surface area contributed by atoms with E-state index in [0.717, 1.165) is 0 Å². The number of carbonyl (C=O) groups is 1. The van der Waals surface area contributed by atoms with Gasteiger partial charge in [0.05, 0.1) is 19.9 Å². The number of nitrogens with zero attached hydrogens (tertiary/aromatic N) is 1. The SMILES string of the molecule is CC1=C(Br)C(=O)C(C)(Br)C(Br)/C1=N/S(=O)(=O)c1ccccc1. The van der Waals surface area contributed by atoms with E-state index in [0.29, 0.717) is 15.8 Å². The molecule has 0 N–H and O–H groups in total. The van der Waals surface area contributed by atoms with Gasteiger partial charge in [0.25, 0.3) is 10.0 Å². The highest BCUT2D eigenvalue weighted by molar-refractivity contribution is 9.13. The Balaban J connectivity index is 2.63. The Kier molecular flexibility index (Phi) is 5.16. The predicted molar refractivity (Wildman–Crippen MR) is 97.7 cm³/mol. The number of hydrogen-bond donors (Lipinski definition) is 0. The number of hydrogen-bond acceptors (Lipinski definition) is 3. The smallest absolute Gasteiger partial charge is 0.282 e. The fourth-order valence-electron chi connectivity index (χ4n) is 1.95. The lowest BCUT2D eigenvalue weighted by molar-refractivity contribution is -0.116. The lowest BCUT2D eigenvalue weighted by Crippen LogP contribution is -2.47. The lowest BCUT2D eigenvalue weighted by Gasteiger charge is -2.33. The number of rotatable bonds is 2. The zero-order chi connectivity index (χ0) is 16.7. The average molecular weight is 514 g/mol. The van der Waals surface area contributed by atoms with Crippen LogP contribution in [0.4, 0.5) is 0 Å². The number of sulfonamides is 1. The first kappa shape index (κ1) is 18.0. The van der Waals surface area contributed by atoms with Crippen LogP contribution in [0.2, 0.25) is 0 Å². The van der Waals surface area contributed by atoms with E-state index in [4.69, 9.17) is 0 Å².